The van der Waals surface area contributed by atoms with E-state index in [1.807, 2.05) is 6.07 Å². The van der Waals surface area contributed by atoms with Crippen molar-refractivity contribution in [1.29, 1.82) is 0 Å². The second kappa shape index (κ2) is 6.62. The van der Waals surface area contributed by atoms with Crippen LogP contribution in [0.1, 0.15) is 39.2 Å². The number of benzene rings is 1. The van der Waals surface area contributed by atoms with E-state index in [2.05, 4.69) is 43.1 Å². The molecule has 0 saturated heterocycles. The molecule has 0 heterocycles. The second-order valence-corrected chi connectivity index (χ2v) is 6.27. The Kier molecular flexibility index (Phi) is 5.12. The maximum atomic E-state index is 6.16. The van der Waals surface area contributed by atoms with Gasteiger partial charge in [0.15, 0.2) is 0 Å². The van der Waals surface area contributed by atoms with Gasteiger partial charge >= 0.3 is 0 Å². The van der Waals surface area contributed by atoms with Gasteiger partial charge in [-0.25, -0.2) is 0 Å². The molecule has 1 aromatic rings. The van der Waals surface area contributed by atoms with Gasteiger partial charge in [0, 0.05) is 29.8 Å². The zero-order chi connectivity index (χ0) is 13.8. The van der Waals surface area contributed by atoms with Crippen molar-refractivity contribution < 1.29 is 0 Å². The fraction of sp³-hybridized carbons (Fsp3) is 0.625. The standard InChI is InChI=1S/C16H25ClN2/c1-4-18-10-13-9-14(17)5-8-16(13)19(11-12(2)3)15-6-7-15/h5,8-9,12,15,18H,4,6-7,10-11H2,1-3H3. The minimum Gasteiger partial charge on any atom is -0.368 e. The molecule has 2 rings (SSSR count). The van der Waals surface area contributed by atoms with Gasteiger partial charge in [0.1, 0.15) is 0 Å². The molecule has 0 aliphatic heterocycles. The quantitative estimate of drug-likeness (QED) is 0.810. The minimum absolute atomic E-state index is 0.684. The molecular weight excluding hydrogens is 256 g/mol. The average Bonchev–Trinajstić information content (AvgIpc) is 3.18. The molecule has 19 heavy (non-hydrogen) atoms. The van der Waals surface area contributed by atoms with Crippen molar-refractivity contribution in [3.63, 3.8) is 0 Å². The molecule has 1 fully saturated rings. The van der Waals surface area contributed by atoms with Crippen LogP contribution in [0.25, 0.3) is 0 Å². The third kappa shape index (κ3) is 4.12. The highest BCUT2D eigenvalue weighted by Gasteiger charge is 2.30. The summed E-state index contributed by atoms with van der Waals surface area (Å²) in [7, 11) is 0. The van der Waals surface area contributed by atoms with Gasteiger partial charge in [-0.3, -0.25) is 0 Å². The highest BCUT2D eigenvalue weighted by molar-refractivity contribution is 6.30. The van der Waals surface area contributed by atoms with Crippen molar-refractivity contribution in [1.82, 2.24) is 5.32 Å². The smallest absolute Gasteiger partial charge is 0.0415 e. The summed E-state index contributed by atoms with van der Waals surface area (Å²) in [6, 6.07) is 7.05. The number of halogens is 1. The van der Waals surface area contributed by atoms with Crippen LogP contribution in [0.15, 0.2) is 18.2 Å². The van der Waals surface area contributed by atoms with E-state index in [9.17, 15) is 0 Å². The van der Waals surface area contributed by atoms with Crippen LogP contribution in [-0.4, -0.2) is 19.1 Å². The molecule has 0 aromatic heterocycles. The highest BCUT2D eigenvalue weighted by atomic mass is 35.5. The Hall–Kier alpha value is -0.730. The van der Waals surface area contributed by atoms with Crippen molar-refractivity contribution in [2.24, 2.45) is 5.92 Å². The van der Waals surface area contributed by atoms with Crippen molar-refractivity contribution in [3.05, 3.63) is 28.8 Å². The van der Waals surface area contributed by atoms with Crippen molar-refractivity contribution >= 4 is 17.3 Å². The molecule has 0 unspecified atom stereocenters. The third-order valence-corrected chi connectivity index (χ3v) is 3.70. The van der Waals surface area contributed by atoms with Crippen LogP contribution in [0.5, 0.6) is 0 Å². The van der Waals surface area contributed by atoms with Crippen LogP contribution in [0.3, 0.4) is 0 Å². The first-order chi connectivity index (χ1) is 9.11. The summed E-state index contributed by atoms with van der Waals surface area (Å²) in [4.78, 5) is 2.58. The topological polar surface area (TPSA) is 15.3 Å². The molecule has 0 amide bonds. The fourth-order valence-corrected chi connectivity index (χ4v) is 2.65. The largest absolute Gasteiger partial charge is 0.368 e. The normalized spacial score (nSPS) is 15.0. The predicted octanol–water partition coefficient (Wildman–Crippen LogP) is 4.07. The molecule has 1 saturated carbocycles. The SMILES string of the molecule is CCNCc1cc(Cl)ccc1N(CC(C)C)C1CC1. The first kappa shape index (κ1) is 14.7. The summed E-state index contributed by atoms with van der Waals surface area (Å²) in [5, 5.41) is 4.24. The fourth-order valence-electron chi connectivity index (χ4n) is 2.46. The summed E-state index contributed by atoms with van der Waals surface area (Å²) in [6.45, 7) is 9.72. The van der Waals surface area contributed by atoms with Crippen LogP contribution in [0.2, 0.25) is 5.02 Å². The number of nitrogens with zero attached hydrogens (tertiary/aromatic N) is 1. The number of hydrogen-bond donors (Lipinski definition) is 1. The van der Waals surface area contributed by atoms with Crippen LogP contribution in [0.4, 0.5) is 5.69 Å². The molecule has 1 aliphatic carbocycles. The van der Waals surface area contributed by atoms with Gasteiger partial charge in [-0.1, -0.05) is 32.4 Å². The number of anilines is 1. The van der Waals surface area contributed by atoms with E-state index >= 15 is 0 Å². The molecule has 0 radical (unpaired) electrons. The van der Waals surface area contributed by atoms with Gasteiger partial charge in [-0.2, -0.15) is 0 Å². The molecule has 0 bridgehead atoms. The van der Waals surface area contributed by atoms with Crippen LogP contribution in [0, 0.1) is 5.92 Å². The van der Waals surface area contributed by atoms with Gasteiger partial charge in [-0.15, -0.1) is 0 Å². The van der Waals surface area contributed by atoms with Crippen LogP contribution in [-0.2, 0) is 6.54 Å². The van der Waals surface area contributed by atoms with Crippen LogP contribution < -0.4 is 10.2 Å². The van der Waals surface area contributed by atoms with Gasteiger partial charge in [-0.05, 0) is 49.1 Å². The van der Waals surface area contributed by atoms with Crippen molar-refractivity contribution in [3.8, 4) is 0 Å². The van der Waals surface area contributed by atoms with E-state index in [1.165, 1.54) is 24.1 Å². The van der Waals surface area contributed by atoms with Crippen molar-refractivity contribution in [2.75, 3.05) is 18.0 Å². The number of hydrogen-bond acceptors (Lipinski definition) is 2. The lowest BCUT2D eigenvalue weighted by molar-refractivity contribution is 0.603. The Morgan fingerprint density at radius 2 is 2.11 bits per heavy atom. The molecular formula is C16H25ClN2. The van der Waals surface area contributed by atoms with E-state index in [4.69, 9.17) is 11.6 Å². The first-order valence-electron chi connectivity index (χ1n) is 7.37. The molecule has 106 valence electrons. The zero-order valence-electron chi connectivity index (χ0n) is 12.2. The molecule has 2 nitrogen and oxygen atoms in total. The van der Waals surface area contributed by atoms with E-state index in [-0.39, 0.29) is 0 Å². The number of nitrogens with one attached hydrogen (secondary N) is 1. The lowest BCUT2D eigenvalue weighted by atomic mass is 10.1. The van der Waals surface area contributed by atoms with Gasteiger partial charge in [0.05, 0.1) is 0 Å². The number of rotatable bonds is 7. The summed E-state index contributed by atoms with van der Waals surface area (Å²) < 4.78 is 0. The summed E-state index contributed by atoms with van der Waals surface area (Å²) >= 11 is 6.16. The van der Waals surface area contributed by atoms with E-state index < -0.39 is 0 Å². The van der Waals surface area contributed by atoms with Gasteiger partial charge in [0.25, 0.3) is 0 Å². The van der Waals surface area contributed by atoms with E-state index in [0.717, 1.165) is 30.7 Å². The average molecular weight is 281 g/mol. The van der Waals surface area contributed by atoms with E-state index in [1.54, 1.807) is 0 Å². The maximum absolute atomic E-state index is 6.16. The monoisotopic (exact) mass is 280 g/mol. The van der Waals surface area contributed by atoms with E-state index in [0.29, 0.717) is 5.92 Å². The molecule has 1 aromatic carbocycles. The maximum Gasteiger partial charge on any atom is 0.0415 e. The minimum atomic E-state index is 0.684. The Balaban J connectivity index is 2.23. The first-order valence-corrected chi connectivity index (χ1v) is 7.75. The Morgan fingerprint density at radius 3 is 2.68 bits per heavy atom. The van der Waals surface area contributed by atoms with Crippen LogP contribution >= 0.6 is 11.6 Å². The Bertz CT molecular complexity index is 413. The third-order valence-electron chi connectivity index (χ3n) is 3.47. The van der Waals surface area contributed by atoms with Gasteiger partial charge < -0.3 is 10.2 Å². The Morgan fingerprint density at radius 1 is 1.37 bits per heavy atom. The zero-order valence-corrected chi connectivity index (χ0v) is 13.0. The summed E-state index contributed by atoms with van der Waals surface area (Å²) in [5.41, 5.74) is 2.68. The summed E-state index contributed by atoms with van der Waals surface area (Å²) in [6.07, 6.45) is 2.66. The summed E-state index contributed by atoms with van der Waals surface area (Å²) in [5.74, 6) is 0.684. The van der Waals surface area contributed by atoms with Crippen molar-refractivity contribution in [2.45, 2.75) is 46.2 Å². The molecule has 0 atom stereocenters. The Labute approximate surface area is 122 Å². The van der Waals surface area contributed by atoms with Gasteiger partial charge in [0.2, 0.25) is 0 Å². The lowest BCUT2D eigenvalue weighted by Gasteiger charge is -2.29. The second-order valence-electron chi connectivity index (χ2n) is 5.83. The molecule has 1 aliphatic rings. The molecule has 0 spiro atoms. The lowest BCUT2D eigenvalue weighted by Crippen LogP contribution is -2.31. The predicted molar refractivity (Wildman–Crippen MR) is 84.0 cm³/mol. The molecule has 1 N–H and O–H groups in total. The molecule has 3 heteroatoms. The highest BCUT2D eigenvalue weighted by Crippen LogP contribution is 2.35.